The van der Waals surface area contributed by atoms with Crippen LogP contribution in [0.25, 0.3) is 0 Å². The maximum atomic E-state index is 3.63. The molecule has 0 spiro atoms. The zero-order chi connectivity index (χ0) is 10.5. The third kappa shape index (κ3) is 4.66. The average molecular weight is 185 g/mol. The summed E-state index contributed by atoms with van der Waals surface area (Å²) in [5.74, 6) is 0.740. The van der Waals surface area contributed by atoms with Crippen molar-refractivity contribution in [2.45, 2.75) is 60.4 Å². The maximum Gasteiger partial charge on any atom is 0.00950 e. The molecule has 0 bridgehead atoms. The van der Waals surface area contributed by atoms with Crippen molar-refractivity contribution in [3.05, 3.63) is 0 Å². The van der Waals surface area contributed by atoms with Gasteiger partial charge in [-0.3, -0.25) is 0 Å². The summed E-state index contributed by atoms with van der Waals surface area (Å²) in [5, 5.41) is 3.63. The topological polar surface area (TPSA) is 12.0 Å². The van der Waals surface area contributed by atoms with Crippen LogP contribution in [0, 0.1) is 11.3 Å². The second-order valence-electron chi connectivity index (χ2n) is 5.12. The molecule has 80 valence electrons. The van der Waals surface area contributed by atoms with Crippen LogP contribution in [-0.4, -0.2) is 12.6 Å². The first-order valence-corrected chi connectivity index (χ1v) is 5.66. The molecule has 0 heterocycles. The number of nitrogens with one attached hydrogen (secondary N) is 1. The van der Waals surface area contributed by atoms with Gasteiger partial charge in [-0.1, -0.05) is 41.5 Å². The molecule has 2 unspecified atom stereocenters. The van der Waals surface area contributed by atoms with Gasteiger partial charge in [-0.15, -0.1) is 0 Å². The van der Waals surface area contributed by atoms with Crippen LogP contribution in [0.5, 0.6) is 0 Å². The molecule has 0 aliphatic carbocycles. The number of hydrogen-bond acceptors (Lipinski definition) is 1. The van der Waals surface area contributed by atoms with Gasteiger partial charge in [0.15, 0.2) is 0 Å². The second-order valence-corrected chi connectivity index (χ2v) is 5.12. The summed E-state index contributed by atoms with van der Waals surface area (Å²) < 4.78 is 0. The number of rotatable bonds is 5. The molecule has 0 fully saturated rings. The average Bonchev–Trinajstić information content (AvgIpc) is 2.04. The lowest BCUT2D eigenvalue weighted by atomic mass is 9.77. The van der Waals surface area contributed by atoms with Gasteiger partial charge in [0, 0.05) is 6.04 Å². The standard InChI is InChI=1S/C12H27N/c1-7-9-13-11(8-2)10(3)12(4,5)6/h10-11,13H,7-9H2,1-6H3. The van der Waals surface area contributed by atoms with E-state index < -0.39 is 0 Å². The van der Waals surface area contributed by atoms with E-state index in [1.165, 1.54) is 12.8 Å². The Hall–Kier alpha value is -0.0400. The van der Waals surface area contributed by atoms with E-state index in [4.69, 9.17) is 0 Å². The summed E-state index contributed by atoms with van der Waals surface area (Å²) in [4.78, 5) is 0. The highest BCUT2D eigenvalue weighted by Crippen LogP contribution is 2.29. The number of hydrogen-bond donors (Lipinski definition) is 1. The van der Waals surface area contributed by atoms with Gasteiger partial charge < -0.3 is 5.32 Å². The minimum absolute atomic E-state index is 0.418. The van der Waals surface area contributed by atoms with Gasteiger partial charge in [-0.2, -0.15) is 0 Å². The highest BCUT2D eigenvalue weighted by molar-refractivity contribution is 4.80. The third-order valence-electron chi connectivity index (χ3n) is 3.07. The molecule has 1 heteroatoms. The fourth-order valence-corrected chi connectivity index (χ4v) is 1.61. The summed E-state index contributed by atoms with van der Waals surface area (Å²) in [6.07, 6.45) is 2.46. The molecule has 0 aromatic rings. The Morgan fingerprint density at radius 1 is 1.15 bits per heavy atom. The molecule has 2 atom stereocenters. The van der Waals surface area contributed by atoms with Crippen molar-refractivity contribution in [1.29, 1.82) is 0 Å². The monoisotopic (exact) mass is 185 g/mol. The molecule has 13 heavy (non-hydrogen) atoms. The highest BCUT2D eigenvalue weighted by atomic mass is 14.9. The Bertz CT molecular complexity index is 124. The molecule has 0 aliphatic heterocycles. The second kappa shape index (κ2) is 5.64. The van der Waals surface area contributed by atoms with E-state index in [0.29, 0.717) is 11.5 Å². The first-order chi connectivity index (χ1) is 5.93. The summed E-state index contributed by atoms with van der Waals surface area (Å²) in [7, 11) is 0. The minimum atomic E-state index is 0.418. The Morgan fingerprint density at radius 3 is 2.00 bits per heavy atom. The normalized spacial score (nSPS) is 17.1. The molecule has 1 nitrogen and oxygen atoms in total. The lowest BCUT2D eigenvalue weighted by Crippen LogP contribution is -2.40. The maximum absolute atomic E-state index is 3.63. The summed E-state index contributed by atoms with van der Waals surface area (Å²) >= 11 is 0. The fourth-order valence-electron chi connectivity index (χ4n) is 1.61. The molecule has 0 rings (SSSR count). The zero-order valence-corrected chi connectivity index (χ0v) is 10.3. The van der Waals surface area contributed by atoms with Crippen molar-refractivity contribution in [1.82, 2.24) is 5.32 Å². The molecular formula is C12H27N. The molecular weight excluding hydrogens is 158 g/mol. The van der Waals surface area contributed by atoms with E-state index in [0.717, 1.165) is 12.5 Å². The van der Waals surface area contributed by atoms with E-state index in [-0.39, 0.29) is 0 Å². The van der Waals surface area contributed by atoms with Crippen LogP contribution < -0.4 is 5.32 Å². The van der Waals surface area contributed by atoms with Crippen molar-refractivity contribution in [3.8, 4) is 0 Å². The molecule has 1 N–H and O–H groups in total. The van der Waals surface area contributed by atoms with E-state index >= 15 is 0 Å². The van der Waals surface area contributed by atoms with Crippen molar-refractivity contribution in [3.63, 3.8) is 0 Å². The summed E-state index contributed by atoms with van der Waals surface area (Å²) in [6, 6.07) is 0.681. The van der Waals surface area contributed by atoms with Crippen LogP contribution in [0.2, 0.25) is 0 Å². The Morgan fingerprint density at radius 2 is 1.69 bits per heavy atom. The first-order valence-electron chi connectivity index (χ1n) is 5.66. The van der Waals surface area contributed by atoms with Crippen LogP contribution in [0.3, 0.4) is 0 Å². The Kier molecular flexibility index (Phi) is 5.62. The van der Waals surface area contributed by atoms with Crippen LogP contribution >= 0.6 is 0 Å². The molecule has 0 aliphatic rings. The Labute approximate surface area is 84.3 Å². The van der Waals surface area contributed by atoms with Crippen molar-refractivity contribution >= 4 is 0 Å². The zero-order valence-electron chi connectivity index (χ0n) is 10.3. The lowest BCUT2D eigenvalue weighted by molar-refractivity contribution is 0.193. The van der Waals surface area contributed by atoms with Crippen LogP contribution in [-0.2, 0) is 0 Å². The highest BCUT2D eigenvalue weighted by Gasteiger charge is 2.26. The molecule has 0 saturated carbocycles. The van der Waals surface area contributed by atoms with Gasteiger partial charge in [0.25, 0.3) is 0 Å². The van der Waals surface area contributed by atoms with E-state index in [1.807, 2.05) is 0 Å². The predicted molar refractivity (Wildman–Crippen MR) is 61.0 cm³/mol. The fraction of sp³-hybridized carbons (Fsp3) is 1.00. The van der Waals surface area contributed by atoms with Crippen molar-refractivity contribution < 1.29 is 0 Å². The third-order valence-corrected chi connectivity index (χ3v) is 3.07. The van der Waals surface area contributed by atoms with E-state index in [2.05, 4.69) is 46.9 Å². The predicted octanol–water partition coefficient (Wildman–Crippen LogP) is 3.45. The molecule has 0 saturated heterocycles. The van der Waals surface area contributed by atoms with E-state index in [1.54, 1.807) is 0 Å². The molecule has 0 aromatic carbocycles. The van der Waals surface area contributed by atoms with Gasteiger partial charge in [-0.25, -0.2) is 0 Å². The summed E-state index contributed by atoms with van der Waals surface area (Å²) in [5.41, 5.74) is 0.418. The van der Waals surface area contributed by atoms with Gasteiger partial charge >= 0.3 is 0 Å². The van der Waals surface area contributed by atoms with Crippen LogP contribution in [0.15, 0.2) is 0 Å². The van der Waals surface area contributed by atoms with Crippen LogP contribution in [0.1, 0.15) is 54.4 Å². The summed E-state index contributed by atoms with van der Waals surface area (Å²) in [6.45, 7) is 15.0. The molecule has 0 amide bonds. The SMILES string of the molecule is CCCNC(CC)C(C)C(C)(C)C. The van der Waals surface area contributed by atoms with Crippen LogP contribution in [0.4, 0.5) is 0 Å². The largest absolute Gasteiger partial charge is 0.314 e. The molecule has 0 radical (unpaired) electrons. The van der Waals surface area contributed by atoms with Gasteiger partial charge in [0.05, 0.1) is 0 Å². The first kappa shape index (κ1) is 13.0. The van der Waals surface area contributed by atoms with Gasteiger partial charge in [0.1, 0.15) is 0 Å². The van der Waals surface area contributed by atoms with Crippen molar-refractivity contribution in [2.75, 3.05) is 6.54 Å². The van der Waals surface area contributed by atoms with Gasteiger partial charge in [0.2, 0.25) is 0 Å². The van der Waals surface area contributed by atoms with Crippen molar-refractivity contribution in [2.24, 2.45) is 11.3 Å². The Balaban J connectivity index is 4.07. The minimum Gasteiger partial charge on any atom is -0.314 e. The van der Waals surface area contributed by atoms with E-state index in [9.17, 15) is 0 Å². The lowest BCUT2D eigenvalue weighted by Gasteiger charge is -2.34. The smallest absolute Gasteiger partial charge is 0.00950 e. The quantitative estimate of drug-likeness (QED) is 0.692. The van der Waals surface area contributed by atoms with Gasteiger partial charge in [-0.05, 0) is 30.7 Å². The molecule has 0 aromatic heterocycles.